The first-order valence-corrected chi connectivity index (χ1v) is 11.5. The lowest BCUT2D eigenvalue weighted by Gasteiger charge is -2.23. The van der Waals surface area contributed by atoms with Crippen LogP contribution in [-0.4, -0.2) is 47.2 Å². The van der Waals surface area contributed by atoms with Gasteiger partial charge in [-0.1, -0.05) is 0 Å². The van der Waals surface area contributed by atoms with Crippen LogP contribution in [0.5, 0.6) is 0 Å². The zero-order valence-electron chi connectivity index (χ0n) is 18.8. The Morgan fingerprint density at radius 2 is 1.92 bits per heavy atom. The zero-order valence-corrected chi connectivity index (χ0v) is 18.8. The third-order valence-electron chi connectivity index (χ3n) is 6.38. The van der Waals surface area contributed by atoms with Crippen LogP contribution in [-0.2, 0) is 6.54 Å². The highest BCUT2D eigenvalue weighted by Gasteiger charge is 2.22. The fourth-order valence-electron chi connectivity index (χ4n) is 4.55. The topological polar surface area (TPSA) is 101 Å². The standard InChI is InChI=1S/C23H21F4N9/c24-14-1-2-15-20(19(14)25)34-18(32-15)9-29-21-22-30-8-17(13-7-31-36(10-13)23(26)27)35(22)11-16(33-21)12-3-5-28-6-4-12/h1-2,7-8,10-12,23,28H,3-6,9H2,(H,29,33)(H,32,34). The van der Waals surface area contributed by atoms with E-state index in [2.05, 4.69) is 30.7 Å². The number of benzene rings is 1. The highest BCUT2D eigenvalue weighted by molar-refractivity contribution is 5.76. The van der Waals surface area contributed by atoms with E-state index in [0.717, 1.165) is 37.7 Å². The Balaban J connectivity index is 1.38. The minimum Gasteiger partial charge on any atom is -0.360 e. The molecule has 5 heterocycles. The summed E-state index contributed by atoms with van der Waals surface area (Å²) in [5.74, 6) is -0.909. The lowest BCUT2D eigenvalue weighted by atomic mass is 9.95. The van der Waals surface area contributed by atoms with Gasteiger partial charge in [-0.15, -0.1) is 0 Å². The minimum atomic E-state index is -2.75. The van der Waals surface area contributed by atoms with Gasteiger partial charge in [-0.2, -0.15) is 13.9 Å². The molecule has 0 aliphatic carbocycles. The van der Waals surface area contributed by atoms with Gasteiger partial charge in [0.25, 0.3) is 0 Å². The molecule has 36 heavy (non-hydrogen) atoms. The summed E-state index contributed by atoms with van der Waals surface area (Å²) in [7, 11) is 0. The molecule has 0 saturated carbocycles. The molecule has 0 unspecified atom stereocenters. The Morgan fingerprint density at radius 3 is 2.69 bits per heavy atom. The second kappa shape index (κ2) is 8.90. The maximum Gasteiger partial charge on any atom is 0.333 e. The molecule has 9 nitrogen and oxygen atoms in total. The Hall–Kier alpha value is -4.00. The van der Waals surface area contributed by atoms with Gasteiger partial charge in [0, 0.05) is 23.9 Å². The molecule has 13 heteroatoms. The molecule has 5 aromatic rings. The van der Waals surface area contributed by atoms with E-state index in [4.69, 9.17) is 4.98 Å². The van der Waals surface area contributed by atoms with E-state index in [1.165, 1.54) is 18.5 Å². The number of hydrogen-bond donors (Lipinski definition) is 3. The molecule has 1 saturated heterocycles. The van der Waals surface area contributed by atoms with E-state index in [-0.39, 0.29) is 18.0 Å². The average molecular weight is 499 g/mol. The van der Waals surface area contributed by atoms with E-state index < -0.39 is 18.2 Å². The van der Waals surface area contributed by atoms with Crippen molar-refractivity contribution in [3.05, 3.63) is 60.1 Å². The van der Waals surface area contributed by atoms with Gasteiger partial charge in [0.2, 0.25) is 0 Å². The van der Waals surface area contributed by atoms with Crippen molar-refractivity contribution in [3.63, 3.8) is 0 Å². The van der Waals surface area contributed by atoms with Crippen molar-refractivity contribution in [3.8, 4) is 11.3 Å². The number of aromatic amines is 1. The van der Waals surface area contributed by atoms with Crippen LogP contribution in [0.4, 0.5) is 23.4 Å². The quantitative estimate of drug-likeness (QED) is 0.303. The number of rotatable bonds is 6. The first kappa shape index (κ1) is 22.5. The molecule has 0 amide bonds. The Bertz CT molecular complexity index is 1550. The summed E-state index contributed by atoms with van der Waals surface area (Å²) in [4.78, 5) is 16.5. The molecular formula is C23H21F4N9. The third-order valence-corrected chi connectivity index (χ3v) is 6.38. The monoisotopic (exact) mass is 499 g/mol. The van der Waals surface area contributed by atoms with Gasteiger partial charge in [-0.3, -0.25) is 4.40 Å². The predicted molar refractivity (Wildman–Crippen MR) is 124 cm³/mol. The molecule has 6 rings (SSSR count). The number of fused-ring (bicyclic) bond motifs is 2. The second-order valence-electron chi connectivity index (χ2n) is 8.66. The number of alkyl halides is 2. The highest BCUT2D eigenvalue weighted by atomic mass is 19.3. The molecule has 0 spiro atoms. The average Bonchev–Trinajstić information content (AvgIpc) is 3.63. The molecule has 1 fully saturated rings. The lowest BCUT2D eigenvalue weighted by Crippen LogP contribution is -2.27. The van der Waals surface area contributed by atoms with Crippen molar-refractivity contribution in [2.75, 3.05) is 18.4 Å². The molecule has 0 atom stereocenters. The number of H-pyrrole nitrogens is 1. The highest BCUT2D eigenvalue weighted by Crippen LogP contribution is 2.30. The largest absolute Gasteiger partial charge is 0.360 e. The summed E-state index contributed by atoms with van der Waals surface area (Å²) in [6.45, 7) is -0.859. The maximum atomic E-state index is 14.1. The zero-order chi connectivity index (χ0) is 24.8. The summed E-state index contributed by atoms with van der Waals surface area (Å²) in [5.41, 5.74) is 2.72. The van der Waals surface area contributed by atoms with Crippen molar-refractivity contribution >= 4 is 22.5 Å². The first-order valence-electron chi connectivity index (χ1n) is 11.5. The summed E-state index contributed by atoms with van der Waals surface area (Å²) in [5, 5.41) is 10.3. The Morgan fingerprint density at radius 1 is 1.08 bits per heavy atom. The van der Waals surface area contributed by atoms with Crippen LogP contribution in [0.25, 0.3) is 27.9 Å². The Labute approximate surface area is 201 Å². The number of piperidine rings is 1. The van der Waals surface area contributed by atoms with Gasteiger partial charge < -0.3 is 15.6 Å². The molecule has 4 aromatic heterocycles. The van der Waals surface area contributed by atoms with E-state index in [9.17, 15) is 17.6 Å². The number of hydrogen-bond acceptors (Lipinski definition) is 6. The van der Waals surface area contributed by atoms with Crippen LogP contribution in [0, 0.1) is 11.6 Å². The fourth-order valence-corrected chi connectivity index (χ4v) is 4.55. The van der Waals surface area contributed by atoms with Gasteiger partial charge in [-0.25, -0.2) is 28.4 Å². The van der Waals surface area contributed by atoms with Crippen LogP contribution in [0.3, 0.4) is 0 Å². The second-order valence-corrected chi connectivity index (χ2v) is 8.66. The molecule has 3 N–H and O–H groups in total. The van der Waals surface area contributed by atoms with Crippen LogP contribution in [0.2, 0.25) is 0 Å². The van der Waals surface area contributed by atoms with Crippen molar-refractivity contribution in [1.29, 1.82) is 0 Å². The van der Waals surface area contributed by atoms with Crippen LogP contribution >= 0.6 is 0 Å². The van der Waals surface area contributed by atoms with Crippen LogP contribution in [0.15, 0.2) is 36.9 Å². The van der Waals surface area contributed by atoms with Crippen molar-refractivity contribution in [2.24, 2.45) is 0 Å². The fraction of sp³-hybridized carbons (Fsp3) is 0.304. The lowest BCUT2D eigenvalue weighted by molar-refractivity contribution is 0.0566. The molecule has 1 aromatic carbocycles. The first-order chi connectivity index (χ1) is 17.5. The molecular weight excluding hydrogens is 478 g/mol. The molecule has 1 aliphatic heterocycles. The van der Waals surface area contributed by atoms with Gasteiger partial charge in [0.15, 0.2) is 23.1 Å². The van der Waals surface area contributed by atoms with E-state index in [1.54, 1.807) is 6.20 Å². The number of anilines is 1. The number of nitrogens with one attached hydrogen (secondary N) is 3. The maximum absolute atomic E-state index is 14.1. The SMILES string of the molecule is Fc1ccc2[nH]c(CNc3nc(C4CCNCC4)cn4c(-c5cnn(C(F)F)c5)cnc34)nc2c1F. The minimum absolute atomic E-state index is 0.0764. The van der Waals surface area contributed by atoms with Gasteiger partial charge >= 0.3 is 6.55 Å². The summed E-state index contributed by atoms with van der Waals surface area (Å²) < 4.78 is 56.3. The third kappa shape index (κ3) is 3.94. The summed E-state index contributed by atoms with van der Waals surface area (Å²) in [6, 6.07) is 2.47. The Kier molecular flexibility index (Phi) is 5.55. The van der Waals surface area contributed by atoms with Crippen LogP contribution in [0.1, 0.15) is 36.8 Å². The van der Waals surface area contributed by atoms with Crippen molar-refractivity contribution in [1.82, 2.24) is 39.4 Å². The van der Waals surface area contributed by atoms with Crippen molar-refractivity contribution in [2.45, 2.75) is 31.9 Å². The molecule has 1 aliphatic rings. The number of halogens is 4. The van der Waals surface area contributed by atoms with Gasteiger partial charge in [-0.05, 0) is 38.1 Å². The summed E-state index contributed by atoms with van der Waals surface area (Å²) >= 11 is 0. The van der Waals surface area contributed by atoms with E-state index in [1.807, 2.05) is 10.6 Å². The molecule has 0 bridgehead atoms. The molecule has 0 radical (unpaired) electrons. The number of nitrogens with zero attached hydrogens (tertiary/aromatic N) is 6. The smallest absolute Gasteiger partial charge is 0.333 e. The van der Waals surface area contributed by atoms with Crippen molar-refractivity contribution < 1.29 is 17.6 Å². The van der Waals surface area contributed by atoms with E-state index in [0.29, 0.717) is 38.7 Å². The normalized spacial score (nSPS) is 14.9. The number of aromatic nitrogens is 7. The predicted octanol–water partition coefficient (Wildman–Crippen LogP) is 4.22. The molecule has 186 valence electrons. The van der Waals surface area contributed by atoms with Crippen LogP contribution < -0.4 is 10.6 Å². The summed E-state index contributed by atoms with van der Waals surface area (Å²) in [6.07, 6.45) is 7.92. The van der Waals surface area contributed by atoms with Gasteiger partial charge in [0.05, 0.1) is 35.8 Å². The number of imidazole rings is 2. The van der Waals surface area contributed by atoms with E-state index >= 15 is 0 Å². The van der Waals surface area contributed by atoms with Gasteiger partial charge in [0.1, 0.15) is 11.3 Å².